The summed E-state index contributed by atoms with van der Waals surface area (Å²) in [5.41, 5.74) is 0.958. The fraction of sp³-hybridized carbons (Fsp3) is 0.0625. The van der Waals surface area contributed by atoms with Crippen LogP contribution in [0.1, 0.15) is 15.9 Å². The van der Waals surface area contributed by atoms with Crippen LogP contribution in [0.2, 0.25) is 10.0 Å². The molecule has 1 N–H and O–H groups in total. The molecular formula is C16H11Cl2N3O2S. The smallest absolute Gasteiger partial charge is 0.267 e. The van der Waals surface area contributed by atoms with E-state index in [0.717, 1.165) is 17.1 Å². The highest BCUT2D eigenvalue weighted by molar-refractivity contribution is 7.02. The van der Waals surface area contributed by atoms with E-state index in [-0.39, 0.29) is 5.69 Å². The van der Waals surface area contributed by atoms with Crippen LogP contribution in [-0.2, 0) is 6.54 Å². The predicted octanol–water partition coefficient (Wildman–Crippen LogP) is 3.33. The van der Waals surface area contributed by atoms with E-state index >= 15 is 0 Å². The molecule has 3 rings (SSSR count). The van der Waals surface area contributed by atoms with Gasteiger partial charge in [0.15, 0.2) is 0 Å². The highest BCUT2D eigenvalue weighted by Gasteiger charge is 2.08. The summed E-state index contributed by atoms with van der Waals surface area (Å²) >= 11 is 12.7. The molecule has 0 spiro atoms. The standard InChI is InChI=1S/C16H11Cl2N3O2S/c17-12-5-1-10(2-6-12)9-21-15(23)20-24-16(21)19-14(22)11-3-7-13(18)8-4-11/h1-8H,9H2,(H,20,23)/b19-16-. The molecule has 8 heteroatoms. The van der Waals surface area contributed by atoms with E-state index in [9.17, 15) is 9.59 Å². The van der Waals surface area contributed by atoms with E-state index in [1.54, 1.807) is 36.4 Å². The zero-order valence-corrected chi connectivity index (χ0v) is 14.5. The molecule has 0 aliphatic heterocycles. The van der Waals surface area contributed by atoms with E-state index < -0.39 is 5.91 Å². The van der Waals surface area contributed by atoms with Gasteiger partial charge in [0.2, 0.25) is 4.80 Å². The summed E-state index contributed by atoms with van der Waals surface area (Å²) in [6.07, 6.45) is 0. The predicted molar refractivity (Wildman–Crippen MR) is 94.8 cm³/mol. The molecule has 0 saturated heterocycles. The van der Waals surface area contributed by atoms with Crippen LogP contribution < -0.4 is 10.5 Å². The van der Waals surface area contributed by atoms with Gasteiger partial charge in [-0.2, -0.15) is 4.99 Å². The lowest BCUT2D eigenvalue weighted by Gasteiger charge is -2.02. The van der Waals surface area contributed by atoms with Gasteiger partial charge in [-0.3, -0.25) is 13.7 Å². The second-order valence-electron chi connectivity index (χ2n) is 4.93. The van der Waals surface area contributed by atoms with E-state index in [1.165, 1.54) is 4.57 Å². The van der Waals surface area contributed by atoms with Gasteiger partial charge in [-0.05, 0) is 53.5 Å². The molecule has 5 nitrogen and oxygen atoms in total. The molecule has 0 bridgehead atoms. The number of nitrogens with one attached hydrogen (secondary N) is 1. The molecule has 0 atom stereocenters. The van der Waals surface area contributed by atoms with Gasteiger partial charge >= 0.3 is 5.69 Å². The Balaban J connectivity index is 1.94. The van der Waals surface area contributed by atoms with Crippen molar-refractivity contribution in [2.45, 2.75) is 6.54 Å². The number of carbonyl (C=O) groups is 1. The number of rotatable bonds is 3. The molecule has 0 saturated carbocycles. The van der Waals surface area contributed by atoms with Crippen LogP contribution in [0.5, 0.6) is 0 Å². The van der Waals surface area contributed by atoms with E-state index in [4.69, 9.17) is 23.2 Å². The van der Waals surface area contributed by atoms with Gasteiger partial charge in [-0.25, -0.2) is 4.79 Å². The van der Waals surface area contributed by atoms with Crippen molar-refractivity contribution < 1.29 is 4.79 Å². The molecule has 0 fully saturated rings. The third kappa shape index (κ3) is 3.84. The lowest BCUT2D eigenvalue weighted by Crippen LogP contribution is -2.27. The summed E-state index contributed by atoms with van der Waals surface area (Å²) in [6.45, 7) is 0.294. The highest BCUT2D eigenvalue weighted by atomic mass is 35.5. The van der Waals surface area contributed by atoms with Crippen LogP contribution in [0, 0.1) is 0 Å². The summed E-state index contributed by atoms with van der Waals surface area (Å²) in [5, 5.41) is 1.15. The largest absolute Gasteiger partial charge is 0.337 e. The van der Waals surface area contributed by atoms with Crippen LogP contribution in [0.3, 0.4) is 0 Å². The van der Waals surface area contributed by atoms with E-state index in [2.05, 4.69) is 9.37 Å². The average Bonchev–Trinajstić information content (AvgIpc) is 2.90. The Kier molecular flexibility index (Phi) is 4.99. The summed E-state index contributed by atoms with van der Waals surface area (Å²) in [6, 6.07) is 13.5. The quantitative estimate of drug-likeness (QED) is 0.758. The van der Waals surface area contributed by atoms with E-state index in [1.807, 2.05) is 12.1 Å². The van der Waals surface area contributed by atoms with E-state index in [0.29, 0.717) is 27.0 Å². The van der Waals surface area contributed by atoms with Crippen molar-refractivity contribution in [1.29, 1.82) is 0 Å². The SMILES string of the molecule is O=C(/N=c1\s[nH]c(=O)n1Cc1ccc(Cl)cc1)c1ccc(Cl)cc1. The molecule has 1 amide bonds. The molecule has 1 heterocycles. The minimum Gasteiger partial charge on any atom is -0.267 e. The number of benzene rings is 2. The fourth-order valence-electron chi connectivity index (χ4n) is 2.03. The van der Waals surface area contributed by atoms with Crippen LogP contribution in [-0.4, -0.2) is 14.8 Å². The normalized spacial score (nSPS) is 11.7. The van der Waals surface area contributed by atoms with Crippen LogP contribution >= 0.6 is 34.7 Å². The van der Waals surface area contributed by atoms with Crippen LogP contribution in [0.15, 0.2) is 58.3 Å². The van der Waals surface area contributed by atoms with Crippen molar-refractivity contribution >= 4 is 40.6 Å². The molecular weight excluding hydrogens is 369 g/mol. The first-order chi connectivity index (χ1) is 11.5. The minimum absolute atomic E-state index is 0.294. The summed E-state index contributed by atoms with van der Waals surface area (Å²) in [4.78, 5) is 28.5. The van der Waals surface area contributed by atoms with Gasteiger partial charge in [-0.1, -0.05) is 35.3 Å². The molecule has 0 radical (unpaired) electrons. The molecule has 0 unspecified atom stereocenters. The number of aromatic amines is 1. The second-order valence-corrected chi connectivity index (χ2v) is 6.57. The molecule has 0 aliphatic carbocycles. The maximum atomic E-state index is 12.2. The van der Waals surface area contributed by atoms with Gasteiger partial charge in [0.05, 0.1) is 6.54 Å². The van der Waals surface area contributed by atoms with Gasteiger partial charge in [-0.15, -0.1) is 0 Å². The lowest BCUT2D eigenvalue weighted by molar-refractivity contribution is 0.0998. The summed E-state index contributed by atoms with van der Waals surface area (Å²) < 4.78 is 4.00. The highest BCUT2D eigenvalue weighted by Crippen LogP contribution is 2.11. The third-order valence-electron chi connectivity index (χ3n) is 3.25. The monoisotopic (exact) mass is 379 g/mol. The first-order valence-electron chi connectivity index (χ1n) is 6.90. The number of nitrogens with zero attached hydrogens (tertiary/aromatic N) is 2. The zero-order valence-electron chi connectivity index (χ0n) is 12.2. The molecule has 2 aromatic carbocycles. The molecule has 24 heavy (non-hydrogen) atoms. The molecule has 122 valence electrons. The topological polar surface area (TPSA) is 67.2 Å². The van der Waals surface area contributed by atoms with Crippen LogP contribution in [0.4, 0.5) is 0 Å². The third-order valence-corrected chi connectivity index (χ3v) is 4.52. The number of carbonyl (C=O) groups excluding carboxylic acids is 1. The van der Waals surface area contributed by atoms with Crippen molar-refractivity contribution in [3.8, 4) is 0 Å². The number of halogens is 2. The number of aromatic nitrogens is 2. The number of H-pyrrole nitrogens is 1. The van der Waals surface area contributed by atoms with Gasteiger partial charge < -0.3 is 0 Å². The maximum Gasteiger partial charge on any atom is 0.337 e. The Morgan fingerprint density at radius 3 is 2.25 bits per heavy atom. The Hall–Kier alpha value is -2.15. The Bertz CT molecular complexity index is 986. The maximum absolute atomic E-state index is 12.2. The lowest BCUT2D eigenvalue weighted by atomic mass is 10.2. The summed E-state index contributed by atoms with van der Waals surface area (Å²) in [7, 11) is 0. The van der Waals surface area contributed by atoms with Crippen molar-refractivity contribution in [3.05, 3.63) is 85.0 Å². The van der Waals surface area contributed by atoms with Crippen molar-refractivity contribution in [1.82, 2.24) is 8.94 Å². The van der Waals surface area contributed by atoms with Crippen molar-refractivity contribution in [2.24, 2.45) is 4.99 Å². The minimum atomic E-state index is -0.438. The van der Waals surface area contributed by atoms with Gasteiger partial charge in [0.1, 0.15) is 0 Å². The number of hydrogen-bond donors (Lipinski definition) is 1. The Morgan fingerprint density at radius 1 is 1.04 bits per heavy atom. The molecule has 0 aliphatic rings. The second kappa shape index (κ2) is 7.17. The Labute approximate surface area is 151 Å². The van der Waals surface area contributed by atoms with Gasteiger partial charge in [0, 0.05) is 15.6 Å². The van der Waals surface area contributed by atoms with Crippen LogP contribution in [0.25, 0.3) is 0 Å². The van der Waals surface area contributed by atoms with Gasteiger partial charge in [0.25, 0.3) is 5.91 Å². The summed E-state index contributed by atoms with van der Waals surface area (Å²) in [5.74, 6) is -0.438. The number of amides is 1. The van der Waals surface area contributed by atoms with Crippen molar-refractivity contribution in [3.63, 3.8) is 0 Å². The first-order valence-corrected chi connectivity index (χ1v) is 8.47. The first kappa shape index (κ1) is 16.7. The molecule has 1 aromatic heterocycles. The molecule has 3 aromatic rings. The fourth-order valence-corrected chi connectivity index (χ4v) is 2.95. The zero-order chi connectivity index (χ0) is 17.1. The van der Waals surface area contributed by atoms with Crippen molar-refractivity contribution in [2.75, 3.05) is 0 Å². The average molecular weight is 380 g/mol. The number of hydrogen-bond acceptors (Lipinski definition) is 3. The Morgan fingerprint density at radius 2 is 1.62 bits per heavy atom.